The molecule has 2 fully saturated rings. The van der Waals surface area contributed by atoms with Crippen LogP contribution in [-0.2, 0) is 35.0 Å². The van der Waals surface area contributed by atoms with Crippen molar-refractivity contribution >= 4 is 46.4 Å². The number of piperidine rings is 1. The number of fused-ring (bicyclic) bond motifs is 1. The molecule has 3 aromatic rings. The molecule has 2 saturated heterocycles. The fourth-order valence-electron chi connectivity index (χ4n) is 6.33. The van der Waals surface area contributed by atoms with Gasteiger partial charge in [0.15, 0.2) is 11.6 Å². The maximum absolute atomic E-state index is 15.1. The lowest BCUT2D eigenvalue weighted by Gasteiger charge is -2.35. The average Bonchev–Trinajstić information content (AvgIpc) is 3.16. The Morgan fingerprint density at radius 1 is 0.774 bits per heavy atom. The zero-order chi connectivity index (χ0) is 38.1. The summed E-state index contributed by atoms with van der Waals surface area (Å²) in [5.41, 5.74) is 0.356. The van der Waals surface area contributed by atoms with Crippen molar-refractivity contribution in [3.63, 3.8) is 0 Å². The number of carbonyl (C=O) groups is 2. The Kier molecular flexibility index (Phi) is 13.8. The van der Waals surface area contributed by atoms with E-state index in [9.17, 15) is 9.59 Å². The van der Waals surface area contributed by atoms with E-state index in [2.05, 4.69) is 9.64 Å². The second kappa shape index (κ2) is 18.5. The fourth-order valence-corrected chi connectivity index (χ4v) is 6.33. The van der Waals surface area contributed by atoms with Gasteiger partial charge in [-0.1, -0.05) is 0 Å². The molecule has 0 unspecified atom stereocenters. The largest absolute Gasteiger partial charge is 0.465 e. The second-order valence-electron chi connectivity index (χ2n) is 12.9. The number of aromatic nitrogens is 4. The Balaban J connectivity index is 1.71. The molecular weight excluding hydrogens is 696 g/mol. The van der Waals surface area contributed by atoms with Crippen LogP contribution in [0.2, 0.25) is 0 Å². The summed E-state index contributed by atoms with van der Waals surface area (Å²) in [7, 11) is 9.32. The highest BCUT2D eigenvalue weighted by Crippen LogP contribution is 2.35. The van der Waals surface area contributed by atoms with Crippen molar-refractivity contribution in [2.75, 3.05) is 134 Å². The van der Waals surface area contributed by atoms with E-state index in [0.717, 1.165) is 32.1 Å². The minimum absolute atomic E-state index is 0.0411. The molecule has 0 radical (unpaired) electrons. The standard InChI is InChI=1S/C35H49F2N9O7/c1-42-11-12-45(22-27(42)47)32-30-29(31(43-9-7-24(52-5)8-10-43)40-34(38-30)44(13-16-49-2)14-17-50-3)39-35(41-32)46(15-18-51-4)21-23-19-25(36)28(26(37)20-23)33(48)53-6/h19-20,24H,7-18,21-22H2,1-6H3. The lowest BCUT2D eigenvalue weighted by atomic mass is 10.1. The van der Waals surface area contributed by atoms with E-state index < -0.39 is 23.2 Å². The van der Waals surface area contributed by atoms with E-state index in [1.807, 2.05) is 9.80 Å². The molecule has 0 spiro atoms. The molecule has 1 aromatic carbocycles. The van der Waals surface area contributed by atoms with Crippen molar-refractivity contribution in [1.82, 2.24) is 24.8 Å². The van der Waals surface area contributed by atoms with E-state index >= 15 is 8.78 Å². The first-order valence-electron chi connectivity index (χ1n) is 17.5. The number of amides is 1. The zero-order valence-corrected chi connectivity index (χ0v) is 31.3. The number of anilines is 4. The van der Waals surface area contributed by atoms with Gasteiger partial charge in [-0.3, -0.25) is 4.79 Å². The Bertz CT molecular complexity index is 1700. The number of ether oxygens (including phenoxy) is 5. The Labute approximate surface area is 307 Å². The van der Waals surface area contributed by atoms with E-state index in [0.29, 0.717) is 81.1 Å². The number of piperazine rings is 1. The number of esters is 1. The Morgan fingerprint density at radius 2 is 1.30 bits per heavy atom. The molecule has 53 heavy (non-hydrogen) atoms. The van der Waals surface area contributed by atoms with Gasteiger partial charge in [0.05, 0.1) is 39.6 Å². The van der Waals surface area contributed by atoms with Gasteiger partial charge in [0, 0.05) is 87.8 Å². The molecule has 0 aliphatic carbocycles. The second-order valence-corrected chi connectivity index (χ2v) is 12.9. The zero-order valence-electron chi connectivity index (χ0n) is 31.3. The third-order valence-corrected chi connectivity index (χ3v) is 9.44. The van der Waals surface area contributed by atoms with Crippen molar-refractivity contribution in [2.45, 2.75) is 25.5 Å². The lowest BCUT2D eigenvalue weighted by molar-refractivity contribution is -0.129. The number of halogens is 2. The first-order chi connectivity index (χ1) is 25.6. The van der Waals surface area contributed by atoms with Gasteiger partial charge in [-0.25, -0.2) is 23.5 Å². The molecule has 0 N–H and O–H groups in total. The van der Waals surface area contributed by atoms with Crippen molar-refractivity contribution in [2.24, 2.45) is 0 Å². The van der Waals surface area contributed by atoms with E-state index in [4.69, 9.17) is 38.9 Å². The number of methoxy groups -OCH3 is 5. The minimum atomic E-state index is -1.11. The molecule has 2 aliphatic rings. The van der Waals surface area contributed by atoms with E-state index in [1.54, 1.807) is 45.3 Å². The number of rotatable bonds is 17. The van der Waals surface area contributed by atoms with Crippen LogP contribution < -0.4 is 19.6 Å². The maximum Gasteiger partial charge on any atom is 0.343 e. The third-order valence-electron chi connectivity index (χ3n) is 9.44. The molecule has 16 nitrogen and oxygen atoms in total. The van der Waals surface area contributed by atoms with Crippen LogP contribution in [0.25, 0.3) is 11.0 Å². The number of carbonyl (C=O) groups excluding carboxylic acids is 2. The van der Waals surface area contributed by atoms with Crippen molar-refractivity contribution < 1.29 is 42.1 Å². The molecule has 1 amide bonds. The molecule has 0 atom stereocenters. The maximum atomic E-state index is 15.1. The third kappa shape index (κ3) is 9.35. The molecule has 18 heteroatoms. The Morgan fingerprint density at radius 3 is 1.81 bits per heavy atom. The highest BCUT2D eigenvalue weighted by atomic mass is 19.1. The number of hydrogen-bond acceptors (Lipinski definition) is 15. The van der Waals surface area contributed by atoms with Gasteiger partial charge >= 0.3 is 5.97 Å². The predicted octanol–water partition coefficient (Wildman–Crippen LogP) is 2.13. The molecule has 5 rings (SSSR count). The molecule has 2 aliphatic heterocycles. The number of benzene rings is 1. The van der Waals surface area contributed by atoms with Crippen LogP contribution >= 0.6 is 0 Å². The monoisotopic (exact) mass is 745 g/mol. The van der Waals surface area contributed by atoms with Crippen LogP contribution in [0, 0.1) is 11.6 Å². The summed E-state index contributed by atoms with van der Waals surface area (Å²) in [5.74, 6) is -1.66. The predicted molar refractivity (Wildman–Crippen MR) is 194 cm³/mol. The van der Waals surface area contributed by atoms with Crippen molar-refractivity contribution in [3.8, 4) is 0 Å². The molecule has 4 heterocycles. The van der Waals surface area contributed by atoms with E-state index in [-0.39, 0.29) is 49.8 Å². The summed E-state index contributed by atoms with van der Waals surface area (Å²) in [6, 6.07) is 2.18. The first kappa shape index (κ1) is 39.7. The summed E-state index contributed by atoms with van der Waals surface area (Å²) < 4.78 is 56.7. The topological polar surface area (TPSA) is 148 Å². The smallest absolute Gasteiger partial charge is 0.343 e. The number of hydrogen-bond donors (Lipinski definition) is 0. The molecule has 2 aromatic heterocycles. The summed E-state index contributed by atoms with van der Waals surface area (Å²) in [5, 5.41) is 0. The van der Waals surface area contributed by atoms with Crippen LogP contribution in [-0.4, -0.2) is 158 Å². The summed E-state index contributed by atoms with van der Waals surface area (Å²) in [6.07, 6.45) is 1.64. The van der Waals surface area contributed by atoms with Crippen LogP contribution in [0.15, 0.2) is 12.1 Å². The molecule has 290 valence electrons. The minimum Gasteiger partial charge on any atom is -0.465 e. The average molecular weight is 746 g/mol. The van der Waals surface area contributed by atoms with Gasteiger partial charge in [-0.05, 0) is 30.5 Å². The van der Waals surface area contributed by atoms with Crippen LogP contribution in [0.4, 0.5) is 32.3 Å². The summed E-state index contributed by atoms with van der Waals surface area (Å²) in [6.45, 7) is 4.52. The van der Waals surface area contributed by atoms with Gasteiger partial charge in [-0.15, -0.1) is 0 Å². The lowest BCUT2D eigenvalue weighted by Crippen LogP contribution is -2.49. The normalized spacial score (nSPS) is 15.4. The van der Waals surface area contributed by atoms with Gasteiger partial charge in [0.25, 0.3) is 0 Å². The molecular formula is C35H49F2N9O7. The highest BCUT2D eigenvalue weighted by molar-refractivity contribution is 5.96. The van der Waals surface area contributed by atoms with Crippen LogP contribution in [0.5, 0.6) is 0 Å². The van der Waals surface area contributed by atoms with Crippen LogP contribution in [0.1, 0.15) is 28.8 Å². The summed E-state index contributed by atoms with van der Waals surface area (Å²) in [4.78, 5) is 54.8. The van der Waals surface area contributed by atoms with Gasteiger partial charge in [0.1, 0.15) is 28.2 Å². The number of nitrogens with zero attached hydrogens (tertiary/aromatic N) is 9. The number of likely N-dealkylation sites (N-methyl/N-ethyl adjacent to an activating group) is 1. The van der Waals surface area contributed by atoms with Crippen molar-refractivity contribution in [3.05, 3.63) is 34.9 Å². The SMILES string of the molecule is COCCN(Cc1cc(F)c(C(=O)OC)c(F)c1)c1nc(N2CCN(C)C(=O)C2)c2nc(N(CCOC)CCOC)nc(N3CCC(OC)CC3)c2n1. The summed E-state index contributed by atoms with van der Waals surface area (Å²) >= 11 is 0. The van der Waals surface area contributed by atoms with Gasteiger partial charge < -0.3 is 48.2 Å². The quantitative estimate of drug-likeness (QED) is 0.186. The van der Waals surface area contributed by atoms with E-state index in [1.165, 1.54) is 0 Å². The molecule has 0 bridgehead atoms. The van der Waals surface area contributed by atoms with Crippen molar-refractivity contribution in [1.29, 1.82) is 0 Å². The first-order valence-corrected chi connectivity index (χ1v) is 17.5. The van der Waals surface area contributed by atoms with Gasteiger partial charge in [-0.2, -0.15) is 9.97 Å². The van der Waals surface area contributed by atoms with Crippen LogP contribution in [0.3, 0.4) is 0 Å². The fraction of sp³-hybridized carbons (Fsp3) is 0.600. The van der Waals surface area contributed by atoms with Gasteiger partial charge in [0.2, 0.25) is 17.8 Å². The Hall–Kier alpha value is -4.52. The highest BCUT2D eigenvalue weighted by Gasteiger charge is 2.31. The molecule has 0 saturated carbocycles.